The van der Waals surface area contributed by atoms with Crippen molar-refractivity contribution in [2.45, 2.75) is 19.9 Å². The molecular weight excluding hydrogens is 274 g/mol. The number of thioether (sulfide) groups is 1. The van der Waals surface area contributed by atoms with E-state index in [4.69, 9.17) is 15.7 Å². The van der Waals surface area contributed by atoms with Gasteiger partial charge < -0.3 is 21.0 Å². The lowest BCUT2D eigenvalue weighted by atomic mass is 10.2. The third-order valence-electron chi connectivity index (χ3n) is 2.69. The van der Waals surface area contributed by atoms with Crippen LogP contribution in [0.25, 0.3) is 0 Å². The standard InChI is InChI=1S/C14H23N3O2S/c1-3-20-10-11(2)16-8-9-19-13-6-4-12(5-7-13)14(15)17-18/h4-7,11,16,18H,3,8-10H2,1-2H3,(H2,15,17). The minimum absolute atomic E-state index is 0.0977. The normalized spacial score (nSPS) is 13.2. The molecule has 1 aromatic carbocycles. The Morgan fingerprint density at radius 1 is 1.45 bits per heavy atom. The Kier molecular flexibility index (Phi) is 7.91. The van der Waals surface area contributed by atoms with E-state index in [-0.39, 0.29) is 5.84 Å². The molecule has 0 amide bonds. The molecule has 4 N–H and O–H groups in total. The zero-order chi connectivity index (χ0) is 14.8. The molecular formula is C14H23N3O2S. The van der Waals surface area contributed by atoms with E-state index in [1.165, 1.54) is 0 Å². The molecule has 5 nitrogen and oxygen atoms in total. The van der Waals surface area contributed by atoms with Crippen LogP contribution in [0.1, 0.15) is 19.4 Å². The van der Waals surface area contributed by atoms with Crippen LogP contribution in [0.2, 0.25) is 0 Å². The highest BCUT2D eigenvalue weighted by Gasteiger charge is 2.01. The molecule has 0 bridgehead atoms. The van der Waals surface area contributed by atoms with Crippen LogP contribution in [0.15, 0.2) is 29.4 Å². The van der Waals surface area contributed by atoms with Crippen LogP contribution in [-0.2, 0) is 0 Å². The van der Waals surface area contributed by atoms with Gasteiger partial charge >= 0.3 is 0 Å². The minimum atomic E-state index is 0.0977. The fourth-order valence-electron chi connectivity index (χ4n) is 1.61. The van der Waals surface area contributed by atoms with Crippen LogP contribution < -0.4 is 15.8 Å². The van der Waals surface area contributed by atoms with E-state index in [0.717, 1.165) is 23.8 Å². The highest BCUT2D eigenvalue weighted by atomic mass is 32.2. The second kappa shape index (κ2) is 9.50. The maximum Gasteiger partial charge on any atom is 0.170 e. The van der Waals surface area contributed by atoms with Gasteiger partial charge in [0, 0.05) is 23.9 Å². The van der Waals surface area contributed by atoms with E-state index in [1.807, 2.05) is 23.9 Å². The highest BCUT2D eigenvalue weighted by molar-refractivity contribution is 7.99. The summed E-state index contributed by atoms with van der Waals surface area (Å²) in [6, 6.07) is 7.64. The topological polar surface area (TPSA) is 79.9 Å². The van der Waals surface area contributed by atoms with E-state index in [1.54, 1.807) is 12.1 Å². The van der Waals surface area contributed by atoms with Crippen LogP contribution in [0.4, 0.5) is 0 Å². The van der Waals surface area contributed by atoms with Gasteiger partial charge in [-0.05, 0) is 36.9 Å². The average molecular weight is 297 g/mol. The minimum Gasteiger partial charge on any atom is -0.492 e. The molecule has 1 unspecified atom stereocenters. The predicted octanol–water partition coefficient (Wildman–Crippen LogP) is 1.89. The first-order valence-corrected chi connectivity index (χ1v) is 7.84. The first-order chi connectivity index (χ1) is 9.67. The summed E-state index contributed by atoms with van der Waals surface area (Å²) in [5, 5.41) is 14.9. The lowest BCUT2D eigenvalue weighted by molar-refractivity contribution is 0.309. The fourth-order valence-corrected chi connectivity index (χ4v) is 2.31. The van der Waals surface area contributed by atoms with E-state index in [2.05, 4.69) is 24.3 Å². The SMILES string of the molecule is CCSCC(C)NCCOc1ccc(/C(N)=N/O)cc1. The molecule has 1 atom stereocenters. The van der Waals surface area contributed by atoms with Gasteiger partial charge in [-0.2, -0.15) is 11.8 Å². The Morgan fingerprint density at radius 2 is 2.15 bits per heavy atom. The van der Waals surface area contributed by atoms with E-state index >= 15 is 0 Å². The van der Waals surface area contributed by atoms with Crippen molar-refractivity contribution in [3.05, 3.63) is 29.8 Å². The number of nitrogens with zero attached hydrogens (tertiary/aromatic N) is 1. The third-order valence-corrected chi connectivity index (χ3v) is 3.84. The Balaban J connectivity index is 2.25. The molecule has 0 aromatic heterocycles. The first kappa shape index (κ1) is 16.7. The molecule has 0 spiro atoms. The maximum absolute atomic E-state index is 8.57. The van der Waals surface area contributed by atoms with Crippen molar-refractivity contribution in [2.24, 2.45) is 10.9 Å². The second-order valence-corrected chi connectivity index (χ2v) is 5.69. The molecule has 6 heteroatoms. The van der Waals surface area contributed by atoms with Crippen LogP contribution in [0, 0.1) is 0 Å². The van der Waals surface area contributed by atoms with Gasteiger partial charge in [0.25, 0.3) is 0 Å². The molecule has 1 aromatic rings. The van der Waals surface area contributed by atoms with Gasteiger partial charge in [0.05, 0.1) is 0 Å². The van der Waals surface area contributed by atoms with Gasteiger partial charge in [0.1, 0.15) is 12.4 Å². The molecule has 0 fully saturated rings. The molecule has 0 aliphatic rings. The zero-order valence-electron chi connectivity index (χ0n) is 12.0. The van der Waals surface area contributed by atoms with Crippen LogP contribution in [0.3, 0.4) is 0 Å². The number of nitrogens with two attached hydrogens (primary N) is 1. The molecule has 0 radical (unpaired) electrons. The first-order valence-electron chi connectivity index (χ1n) is 6.69. The molecule has 0 saturated heterocycles. The summed E-state index contributed by atoms with van der Waals surface area (Å²) in [6.45, 7) is 5.77. The van der Waals surface area contributed by atoms with Crippen molar-refractivity contribution < 1.29 is 9.94 Å². The van der Waals surface area contributed by atoms with Crippen molar-refractivity contribution in [3.8, 4) is 5.75 Å². The summed E-state index contributed by atoms with van der Waals surface area (Å²) in [7, 11) is 0. The smallest absolute Gasteiger partial charge is 0.170 e. The molecule has 0 saturated carbocycles. The Hall–Kier alpha value is -1.40. The number of ether oxygens (including phenoxy) is 1. The van der Waals surface area contributed by atoms with E-state index in [9.17, 15) is 0 Å². The van der Waals surface area contributed by atoms with E-state index < -0.39 is 0 Å². The summed E-state index contributed by atoms with van der Waals surface area (Å²) >= 11 is 1.93. The number of nitrogens with one attached hydrogen (secondary N) is 1. The van der Waals surface area contributed by atoms with Crippen molar-refractivity contribution >= 4 is 17.6 Å². The highest BCUT2D eigenvalue weighted by Crippen LogP contribution is 2.11. The molecule has 1 rings (SSSR count). The molecule has 20 heavy (non-hydrogen) atoms. The molecule has 112 valence electrons. The second-order valence-electron chi connectivity index (χ2n) is 4.37. The lowest BCUT2D eigenvalue weighted by Gasteiger charge is -2.13. The Labute approximate surface area is 124 Å². The van der Waals surface area contributed by atoms with Gasteiger partial charge in [-0.1, -0.05) is 12.1 Å². The van der Waals surface area contributed by atoms with Gasteiger partial charge in [0.15, 0.2) is 5.84 Å². The van der Waals surface area contributed by atoms with Gasteiger partial charge in [-0.15, -0.1) is 0 Å². The van der Waals surface area contributed by atoms with E-state index in [0.29, 0.717) is 18.2 Å². The number of hydrogen-bond acceptors (Lipinski definition) is 5. The number of benzene rings is 1. The van der Waals surface area contributed by atoms with Crippen molar-refractivity contribution in [3.63, 3.8) is 0 Å². The predicted molar refractivity (Wildman–Crippen MR) is 84.9 cm³/mol. The summed E-state index contributed by atoms with van der Waals surface area (Å²) in [6.07, 6.45) is 0. The molecule has 0 heterocycles. The lowest BCUT2D eigenvalue weighted by Crippen LogP contribution is -2.32. The monoisotopic (exact) mass is 297 g/mol. The molecule has 0 aliphatic carbocycles. The largest absolute Gasteiger partial charge is 0.492 e. The third kappa shape index (κ3) is 6.16. The summed E-state index contributed by atoms with van der Waals surface area (Å²) in [5.74, 6) is 3.14. The van der Waals surface area contributed by atoms with Crippen molar-refractivity contribution in [1.29, 1.82) is 0 Å². The molecule has 0 aliphatic heterocycles. The summed E-state index contributed by atoms with van der Waals surface area (Å²) in [5.41, 5.74) is 6.16. The number of oxime groups is 1. The van der Waals surface area contributed by atoms with Crippen LogP contribution in [0.5, 0.6) is 5.75 Å². The average Bonchev–Trinajstić information content (AvgIpc) is 2.49. The Bertz CT molecular complexity index is 409. The zero-order valence-corrected chi connectivity index (χ0v) is 12.8. The number of amidine groups is 1. The van der Waals surface area contributed by atoms with Crippen LogP contribution in [-0.4, -0.2) is 41.7 Å². The van der Waals surface area contributed by atoms with Gasteiger partial charge in [0.2, 0.25) is 0 Å². The Morgan fingerprint density at radius 3 is 2.75 bits per heavy atom. The quantitative estimate of drug-likeness (QED) is 0.213. The van der Waals surface area contributed by atoms with Crippen molar-refractivity contribution in [1.82, 2.24) is 5.32 Å². The number of rotatable bonds is 9. The van der Waals surface area contributed by atoms with Gasteiger partial charge in [-0.3, -0.25) is 0 Å². The van der Waals surface area contributed by atoms with Crippen molar-refractivity contribution in [2.75, 3.05) is 24.7 Å². The summed E-state index contributed by atoms with van der Waals surface area (Å²) < 4.78 is 5.62. The fraction of sp³-hybridized carbons (Fsp3) is 0.500. The number of hydrogen-bond donors (Lipinski definition) is 3. The van der Waals surface area contributed by atoms with Crippen LogP contribution >= 0.6 is 11.8 Å². The summed E-state index contributed by atoms with van der Waals surface area (Å²) in [4.78, 5) is 0. The maximum atomic E-state index is 8.57. The van der Waals surface area contributed by atoms with Gasteiger partial charge in [-0.25, -0.2) is 0 Å².